The highest BCUT2D eigenvalue weighted by Crippen LogP contribution is 2.25. The molecular weight excluding hydrogens is 312 g/mol. The van der Waals surface area contributed by atoms with E-state index < -0.39 is 0 Å². The van der Waals surface area contributed by atoms with Gasteiger partial charge in [-0.2, -0.15) is 0 Å². The van der Waals surface area contributed by atoms with E-state index in [0.29, 0.717) is 22.2 Å². The van der Waals surface area contributed by atoms with Crippen LogP contribution in [0.4, 0.5) is 4.39 Å². The first-order chi connectivity index (χ1) is 10.1. The summed E-state index contributed by atoms with van der Waals surface area (Å²) < 4.78 is 12.7. The van der Waals surface area contributed by atoms with Gasteiger partial charge in [-0.3, -0.25) is 4.79 Å². The zero-order chi connectivity index (χ0) is 15.2. The number of rotatable bonds is 4. The molecule has 0 bridgehead atoms. The SMILES string of the molecule is O=C(C=Cc1c(Cl)cccc1Cl)NCc1ccc(F)cc1. The van der Waals surface area contributed by atoms with Crippen molar-refractivity contribution in [1.29, 1.82) is 0 Å². The van der Waals surface area contributed by atoms with Gasteiger partial charge in [-0.15, -0.1) is 0 Å². The van der Waals surface area contributed by atoms with Gasteiger partial charge in [0, 0.05) is 28.2 Å². The van der Waals surface area contributed by atoms with E-state index in [1.54, 1.807) is 36.4 Å². The van der Waals surface area contributed by atoms with Crippen LogP contribution in [0, 0.1) is 5.82 Å². The summed E-state index contributed by atoms with van der Waals surface area (Å²) in [4.78, 5) is 11.7. The van der Waals surface area contributed by atoms with Gasteiger partial charge >= 0.3 is 0 Å². The molecule has 0 aliphatic carbocycles. The number of halogens is 3. The number of hydrogen-bond acceptors (Lipinski definition) is 1. The van der Waals surface area contributed by atoms with Gasteiger partial charge in [0.05, 0.1) is 0 Å². The Morgan fingerprint density at radius 1 is 1.10 bits per heavy atom. The number of amides is 1. The molecule has 0 aliphatic heterocycles. The molecule has 0 aromatic heterocycles. The molecule has 108 valence electrons. The van der Waals surface area contributed by atoms with E-state index in [4.69, 9.17) is 23.2 Å². The molecule has 5 heteroatoms. The van der Waals surface area contributed by atoms with Crippen LogP contribution in [-0.4, -0.2) is 5.91 Å². The second-order valence-electron chi connectivity index (χ2n) is 4.31. The predicted octanol–water partition coefficient (Wildman–Crippen LogP) is 4.46. The van der Waals surface area contributed by atoms with Gasteiger partial charge in [0.2, 0.25) is 5.91 Å². The molecule has 0 fully saturated rings. The summed E-state index contributed by atoms with van der Waals surface area (Å²) in [6, 6.07) is 11.1. The van der Waals surface area contributed by atoms with Crippen molar-refractivity contribution in [2.75, 3.05) is 0 Å². The van der Waals surface area contributed by atoms with Crippen molar-refractivity contribution < 1.29 is 9.18 Å². The Bertz CT molecular complexity index is 648. The van der Waals surface area contributed by atoms with Crippen LogP contribution in [0.3, 0.4) is 0 Å². The molecule has 2 aromatic carbocycles. The molecule has 0 radical (unpaired) electrons. The zero-order valence-corrected chi connectivity index (χ0v) is 12.5. The fraction of sp³-hybridized carbons (Fsp3) is 0.0625. The van der Waals surface area contributed by atoms with E-state index in [-0.39, 0.29) is 11.7 Å². The molecule has 1 amide bonds. The lowest BCUT2D eigenvalue weighted by molar-refractivity contribution is -0.116. The molecular formula is C16H12Cl2FNO. The van der Waals surface area contributed by atoms with Crippen LogP contribution in [0.25, 0.3) is 6.08 Å². The van der Waals surface area contributed by atoms with E-state index in [1.807, 2.05) is 0 Å². The monoisotopic (exact) mass is 323 g/mol. The highest BCUT2D eigenvalue weighted by Gasteiger charge is 2.03. The minimum Gasteiger partial charge on any atom is -0.348 e. The number of carbonyl (C=O) groups is 1. The van der Waals surface area contributed by atoms with Gasteiger partial charge in [0.25, 0.3) is 0 Å². The van der Waals surface area contributed by atoms with Crippen molar-refractivity contribution in [3.63, 3.8) is 0 Å². The van der Waals surface area contributed by atoms with Crippen LogP contribution in [0.1, 0.15) is 11.1 Å². The Morgan fingerprint density at radius 2 is 1.71 bits per heavy atom. The van der Waals surface area contributed by atoms with Crippen LogP contribution in [0.15, 0.2) is 48.5 Å². The van der Waals surface area contributed by atoms with Gasteiger partial charge in [0.15, 0.2) is 0 Å². The van der Waals surface area contributed by atoms with Gasteiger partial charge in [-0.25, -0.2) is 4.39 Å². The van der Waals surface area contributed by atoms with Crippen LogP contribution in [0.2, 0.25) is 10.0 Å². The summed E-state index contributed by atoms with van der Waals surface area (Å²) in [5.41, 5.74) is 1.41. The minimum absolute atomic E-state index is 0.282. The van der Waals surface area contributed by atoms with Gasteiger partial charge in [-0.1, -0.05) is 41.4 Å². The molecule has 2 nitrogen and oxygen atoms in total. The van der Waals surface area contributed by atoms with E-state index in [2.05, 4.69) is 5.32 Å². The summed E-state index contributed by atoms with van der Waals surface area (Å²) >= 11 is 12.0. The van der Waals surface area contributed by atoms with Crippen LogP contribution in [0.5, 0.6) is 0 Å². The molecule has 0 spiro atoms. The van der Waals surface area contributed by atoms with Crippen LogP contribution < -0.4 is 5.32 Å². The number of benzene rings is 2. The first-order valence-electron chi connectivity index (χ1n) is 6.20. The van der Waals surface area contributed by atoms with Crippen molar-refractivity contribution in [3.05, 3.63) is 75.5 Å². The lowest BCUT2D eigenvalue weighted by atomic mass is 10.2. The van der Waals surface area contributed by atoms with E-state index in [9.17, 15) is 9.18 Å². The van der Waals surface area contributed by atoms with Gasteiger partial charge in [0.1, 0.15) is 5.82 Å². The van der Waals surface area contributed by atoms with Crippen molar-refractivity contribution in [2.24, 2.45) is 0 Å². The standard InChI is InChI=1S/C16H12Cl2FNO/c17-14-2-1-3-15(18)13(14)8-9-16(21)20-10-11-4-6-12(19)7-5-11/h1-9H,10H2,(H,20,21). The first-order valence-corrected chi connectivity index (χ1v) is 6.96. The quantitative estimate of drug-likeness (QED) is 0.827. The van der Waals surface area contributed by atoms with E-state index >= 15 is 0 Å². The maximum absolute atomic E-state index is 12.7. The maximum Gasteiger partial charge on any atom is 0.244 e. The summed E-state index contributed by atoms with van der Waals surface area (Å²) in [5.74, 6) is -0.589. The predicted molar refractivity (Wildman–Crippen MR) is 83.7 cm³/mol. The van der Waals surface area contributed by atoms with Crippen molar-refractivity contribution >= 4 is 35.2 Å². The van der Waals surface area contributed by atoms with Crippen molar-refractivity contribution in [3.8, 4) is 0 Å². The van der Waals surface area contributed by atoms with E-state index in [1.165, 1.54) is 18.2 Å². The molecule has 0 unspecified atom stereocenters. The average molecular weight is 324 g/mol. The molecule has 2 rings (SSSR count). The number of carbonyl (C=O) groups excluding carboxylic acids is 1. The third-order valence-electron chi connectivity index (χ3n) is 2.78. The summed E-state index contributed by atoms with van der Waals surface area (Å²) in [5, 5.41) is 3.65. The van der Waals surface area contributed by atoms with Gasteiger partial charge < -0.3 is 5.32 Å². The molecule has 1 N–H and O–H groups in total. The number of nitrogens with one attached hydrogen (secondary N) is 1. The second-order valence-corrected chi connectivity index (χ2v) is 5.13. The lowest BCUT2D eigenvalue weighted by Crippen LogP contribution is -2.20. The first kappa shape index (κ1) is 15.5. The number of hydrogen-bond donors (Lipinski definition) is 1. The Labute approximate surface area is 132 Å². The zero-order valence-electron chi connectivity index (χ0n) is 10.9. The van der Waals surface area contributed by atoms with Crippen LogP contribution in [-0.2, 0) is 11.3 Å². The Kier molecular flexibility index (Phi) is 5.37. The maximum atomic E-state index is 12.7. The summed E-state index contributed by atoms with van der Waals surface area (Å²) in [7, 11) is 0. The third-order valence-corrected chi connectivity index (χ3v) is 3.44. The fourth-order valence-electron chi connectivity index (χ4n) is 1.68. The molecule has 0 saturated heterocycles. The summed E-state index contributed by atoms with van der Waals surface area (Å²) in [6.45, 7) is 0.319. The minimum atomic E-state index is -0.307. The van der Waals surface area contributed by atoms with Crippen LogP contribution >= 0.6 is 23.2 Å². The second kappa shape index (κ2) is 7.25. The molecule has 0 saturated carbocycles. The molecule has 2 aromatic rings. The smallest absolute Gasteiger partial charge is 0.244 e. The molecule has 0 aliphatic rings. The molecule has 21 heavy (non-hydrogen) atoms. The highest BCUT2D eigenvalue weighted by atomic mass is 35.5. The lowest BCUT2D eigenvalue weighted by Gasteiger charge is -2.03. The Balaban J connectivity index is 1.95. The topological polar surface area (TPSA) is 29.1 Å². The third kappa shape index (κ3) is 4.59. The Hall–Kier alpha value is -1.84. The normalized spacial score (nSPS) is 10.8. The average Bonchev–Trinajstić information content (AvgIpc) is 2.46. The van der Waals surface area contributed by atoms with Gasteiger partial charge in [-0.05, 0) is 35.9 Å². The largest absolute Gasteiger partial charge is 0.348 e. The fourth-order valence-corrected chi connectivity index (χ4v) is 2.20. The molecule has 0 atom stereocenters. The highest BCUT2D eigenvalue weighted by molar-refractivity contribution is 6.37. The molecule has 0 heterocycles. The van der Waals surface area contributed by atoms with Crippen molar-refractivity contribution in [1.82, 2.24) is 5.32 Å². The Morgan fingerprint density at radius 3 is 2.33 bits per heavy atom. The summed E-state index contributed by atoms with van der Waals surface area (Å²) in [6.07, 6.45) is 2.92. The van der Waals surface area contributed by atoms with E-state index in [0.717, 1.165) is 5.56 Å². The van der Waals surface area contributed by atoms with Crippen molar-refractivity contribution in [2.45, 2.75) is 6.54 Å².